The lowest BCUT2D eigenvalue weighted by Crippen LogP contribution is -2.49. The minimum atomic E-state index is -0.188. The molecule has 21 heavy (non-hydrogen) atoms. The van der Waals surface area contributed by atoms with Gasteiger partial charge in [-0.1, -0.05) is 12.1 Å². The Bertz CT molecular complexity index is 513. The van der Waals surface area contributed by atoms with E-state index >= 15 is 0 Å². The number of halogens is 1. The van der Waals surface area contributed by atoms with Crippen molar-refractivity contribution < 1.29 is 14.3 Å². The van der Waals surface area contributed by atoms with Crippen molar-refractivity contribution in [3.8, 4) is 0 Å². The van der Waals surface area contributed by atoms with E-state index in [1.807, 2.05) is 29.2 Å². The molecule has 5 nitrogen and oxygen atoms in total. The first-order valence-electron chi connectivity index (χ1n) is 6.95. The van der Waals surface area contributed by atoms with Gasteiger partial charge in [0, 0.05) is 36.3 Å². The maximum Gasteiger partial charge on any atom is 0.306 e. The number of rotatable bonds is 4. The molecule has 6 heteroatoms. The van der Waals surface area contributed by atoms with E-state index in [2.05, 4.69) is 32.2 Å². The fourth-order valence-corrected chi connectivity index (χ4v) is 2.95. The van der Waals surface area contributed by atoms with E-state index in [1.54, 1.807) is 0 Å². The van der Waals surface area contributed by atoms with Crippen LogP contribution in [0.3, 0.4) is 0 Å². The van der Waals surface area contributed by atoms with Gasteiger partial charge in [0.25, 0.3) is 5.91 Å². The van der Waals surface area contributed by atoms with Crippen LogP contribution >= 0.6 is 22.6 Å². The summed E-state index contributed by atoms with van der Waals surface area (Å²) in [5.41, 5.74) is 0.765. The molecule has 114 valence electrons. The summed E-state index contributed by atoms with van der Waals surface area (Å²) in [6.07, 6.45) is 0.404. The highest BCUT2D eigenvalue weighted by molar-refractivity contribution is 14.1. The van der Waals surface area contributed by atoms with Crippen LogP contribution in [0.1, 0.15) is 16.8 Å². The molecular formula is C15H19IN2O3. The SMILES string of the molecule is COC(=O)CCN1CCN(C(=O)c2ccccc2I)CC1. The highest BCUT2D eigenvalue weighted by Crippen LogP contribution is 2.15. The van der Waals surface area contributed by atoms with Crippen molar-refractivity contribution >= 4 is 34.5 Å². The van der Waals surface area contributed by atoms with Gasteiger partial charge < -0.3 is 9.64 Å². The number of carbonyl (C=O) groups excluding carboxylic acids is 2. The number of carbonyl (C=O) groups is 2. The fourth-order valence-electron chi connectivity index (χ4n) is 2.33. The normalized spacial score (nSPS) is 15.8. The van der Waals surface area contributed by atoms with Crippen molar-refractivity contribution in [3.63, 3.8) is 0 Å². The van der Waals surface area contributed by atoms with E-state index in [0.717, 1.165) is 22.2 Å². The number of benzene rings is 1. The van der Waals surface area contributed by atoms with Crippen molar-refractivity contribution in [2.45, 2.75) is 6.42 Å². The van der Waals surface area contributed by atoms with Gasteiger partial charge in [-0.3, -0.25) is 14.5 Å². The zero-order chi connectivity index (χ0) is 15.2. The Morgan fingerprint density at radius 3 is 2.48 bits per heavy atom. The lowest BCUT2D eigenvalue weighted by atomic mass is 10.2. The van der Waals surface area contributed by atoms with Crippen LogP contribution in [0.4, 0.5) is 0 Å². The van der Waals surface area contributed by atoms with E-state index in [9.17, 15) is 9.59 Å². The molecule has 2 rings (SSSR count). The van der Waals surface area contributed by atoms with Crippen molar-refractivity contribution in [3.05, 3.63) is 33.4 Å². The summed E-state index contributed by atoms with van der Waals surface area (Å²) >= 11 is 2.19. The molecule has 1 amide bonds. The van der Waals surface area contributed by atoms with Crippen molar-refractivity contribution in [1.29, 1.82) is 0 Å². The average Bonchev–Trinajstić information content (AvgIpc) is 2.53. The molecular weight excluding hydrogens is 383 g/mol. The first kappa shape index (κ1) is 16.2. The number of methoxy groups -OCH3 is 1. The van der Waals surface area contributed by atoms with Crippen LogP contribution in [0.2, 0.25) is 0 Å². The molecule has 1 heterocycles. The summed E-state index contributed by atoms with van der Waals surface area (Å²) in [6, 6.07) is 7.64. The monoisotopic (exact) mass is 402 g/mol. The molecule has 1 aromatic carbocycles. The van der Waals surface area contributed by atoms with Gasteiger partial charge in [-0.15, -0.1) is 0 Å². The van der Waals surface area contributed by atoms with Crippen LogP contribution in [0, 0.1) is 3.57 Å². The van der Waals surface area contributed by atoms with E-state index < -0.39 is 0 Å². The Kier molecular flexibility index (Phi) is 5.98. The maximum atomic E-state index is 12.5. The van der Waals surface area contributed by atoms with Gasteiger partial charge in [-0.25, -0.2) is 0 Å². The topological polar surface area (TPSA) is 49.9 Å². The molecule has 0 N–H and O–H groups in total. The smallest absolute Gasteiger partial charge is 0.306 e. The molecule has 0 unspecified atom stereocenters. The molecule has 0 saturated carbocycles. The zero-order valence-corrected chi connectivity index (χ0v) is 14.2. The molecule has 0 spiro atoms. The molecule has 0 aromatic heterocycles. The lowest BCUT2D eigenvalue weighted by molar-refractivity contribution is -0.141. The van der Waals surface area contributed by atoms with Gasteiger partial charge in [0.2, 0.25) is 0 Å². The second-order valence-corrected chi connectivity index (χ2v) is 6.10. The summed E-state index contributed by atoms with van der Waals surface area (Å²) in [5.74, 6) is -0.0973. The molecule has 0 atom stereocenters. The summed E-state index contributed by atoms with van der Waals surface area (Å²) in [5, 5.41) is 0. The largest absolute Gasteiger partial charge is 0.469 e. The second kappa shape index (κ2) is 7.74. The van der Waals surface area contributed by atoms with Crippen LogP contribution in [0.5, 0.6) is 0 Å². The lowest BCUT2D eigenvalue weighted by Gasteiger charge is -2.34. The summed E-state index contributed by atoms with van der Waals surface area (Å²) in [6.45, 7) is 3.69. The molecule has 0 radical (unpaired) electrons. The maximum absolute atomic E-state index is 12.5. The Hall–Kier alpha value is -1.15. The summed E-state index contributed by atoms with van der Waals surface area (Å²) < 4.78 is 5.62. The van der Waals surface area contributed by atoms with Crippen LogP contribution in [0.15, 0.2) is 24.3 Å². The van der Waals surface area contributed by atoms with E-state index in [4.69, 9.17) is 0 Å². The highest BCUT2D eigenvalue weighted by atomic mass is 127. The first-order valence-corrected chi connectivity index (χ1v) is 8.02. The minimum absolute atomic E-state index is 0.0904. The molecule has 1 aliphatic heterocycles. The minimum Gasteiger partial charge on any atom is -0.469 e. The highest BCUT2D eigenvalue weighted by Gasteiger charge is 2.23. The van der Waals surface area contributed by atoms with Gasteiger partial charge in [-0.2, -0.15) is 0 Å². The van der Waals surface area contributed by atoms with Crippen molar-refractivity contribution in [1.82, 2.24) is 9.80 Å². The van der Waals surface area contributed by atoms with Crippen molar-refractivity contribution in [2.24, 2.45) is 0 Å². The molecule has 1 aromatic rings. The predicted molar refractivity (Wildman–Crippen MR) is 88.1 cm³/mol. The third-order valence-electron chi connectivity index (χ3n) is 3.62. The number of esters is 1. The number of amides is 1. The summed E-state index contributed by atoms with van der Waals surface area (Å²) in [4.78, 5) is 27.7. The van der Waals surface area contributed by atoms with E-state index in [0.29, 0.717) is 26.1 Å². The average molecular weight is 402 g/mol. The van der Waals surface area contributed by atoms with Gasteiger partial charge in [0.05, 0.1) is 19.1 Å². The number of ether oxygens (including phenoxy) is 1. The first-order chi connectivity index (χ1) is 10.1. The van der Waals surface area contributed by atoms with Crippen molar-refractivity contribution in [2.75, 3.05) is 39.8 Å². The number of hydrogen-bond donors (Lipinski definition) is 0. The quantitative estimate of drug-likeness (QED) is 0.568. The fraction of sp³-hybridized carbons (Fsp3) is 0.467. The second-order valence-electron chi connectivity index (χ2n) is 4.94. The Balaban J connectivity index is 1.85. The third-order valence-corrected chi connectivity index (χ3v) is 4.56. The summed E-state index contributed by atoms with van der Waals surface area (Å²) in [7, 11) is 1.40. The standard InChI is InChI=1S/C15H19IN2O3/c1-21-14(19)6-7-17-8-10-18(11-9-17)15(20)12-4-2-3-5-13(12)16/h2-5H,6-11H2,1H3. The number of piperazine rings is 1. The molecule has 0 aliphatic carbocycles. The third kappa shape index (κ3) is 4.41. The molecule has 1 fully saturated rings. The molecule has 1 saturated heterocycles. The Morgan fingerprint density at radius 2 is 1.86 bits per heavy atom. The van der Waals surface area contributed by atoms with E-state index in [-0.39, 0.29) is 11.9 Å². The number of nitrogens with zero attached hydrogens (tertiary/aromatic N) is 2. The Morgan fingerprint density at radius 1 is 1.19 bits per heavy atom. The van der Waals surface area contributed by atoms with Crippen LogP contribution in [0.25, 0.3) is 0 Å². The van der Waals surface area contributed by atoms with Crippen LogP contribution in [-0.2, 0) is 9.53 Å². The van der Waals surface area contributed by atoms with Crippen LogP contribution in [-0.4, -0.2) is 61.5 Å². The predicted octanol–water partition coefficient (Wildman–Crippen LogP) is 1.61. The zero-order valence-electron chi connectivity index (χ0n) is 12.0. The van der Waals surface area contributed by atoms with Gasteiger partial charge in [0.1, 0.15) is 0 Å². The van der Waals surface area contributed by atoms with Crippen LogP contribution < -0.4 is 0 Å². The molecule has 1 aliphatic rings. The van der Waals surface area contributed by atoms with E-state index in [1.165, 1.54) is 7.11 Å². The van der Waals surface area contributed by atoms with Gasteiger partial charge in [-0.05, 0) is 34.7 Å². The Labute approximate surface area is 138 Å². The molecule has 0 bridgehead atoms. The van der Waals surface area contributed by atoms with Gasteiger partial charge in [0.15, 0.2) is 0 Å². The van der Waals surface area contributed by atoms with Gasteiger partial charge >= 0.3 is 5.97 Å². The number of hydrogen-bond acceptors (Lipinski definition) is 4.